The Labute approximate surface area is 117 Å². The summed E-state index contributed by atoms with van der Waals surface area (Å²) in [6.45, 7) is 0.740. The summed E-state index contributed by atoms with van der Waals surface area (Å²) in [6, 6.07) is 6.85. The van der Waals surface area contributed by atoms with Crippen molar-refractivity contribution >= 4 is 15.9 Å². The molecule has 1 atom stereocenters. The van der Waals surface area contributed by atoms with Gasteiger partial charge < -0.3 is 10.4 Å². The molecule has 18 heavy (non-hydrogen) atoms. The highest BCUT2D eigenvalue weighted by Crippen LogP contribution is 2.36. The van der Waals surface area contributed by atoms with Crippen LogP contribution < -0.4 is 5.32 Å². The Hall–Kier alpha value is -0.380. The molecule has 1 unspecified atom stereocenters. The zero-order chi connectivity index (χ0) is 12.6. The largest absolute Gasteiger partial charge is 0.389 e. The topological polar surface area (TPSA) is 32.3 Å². The highest BCUT2D eigenvalue weighted by Gasteiger charge is 2.32. The van der Waals surface area contributed by atoms with Crippen molar-refractivity contribution in [1.29, 1.82) is 0 Å². The highest BCUT2D eigenvalue weighted by molar-refractivity contribution is 9.10. The third-order valence-electron chi connectivity index (χ3n) is 4.43. The third kappa shape index (κ3) is 2.36. The van der Waals surface area contributed by atoms with E-state index in [0.29, 0.717) is 6.04 Å². The van der Waals surface area contributed by atoms with Crippen molar-refractivity contribution in [3.05, 3.63) is 33.8 Å². The van der Waals surface area contributed by atoms with Crippen LogP contribution in [-0.2, 0) is 6.42 Å². The van der Waals surface area contributed by atoms with Gasteiger partial charge in [-0.05, 0) is 42.9 Å². The minimum Gasteiger partial charge on any atom is -0.389 e. The van der Waals surface area contributed by atoms with Gasteiger partial charge in [0.25, 0.3) is 0 Å². The summed E-state index contributed by atoms with van der Waals surface area (Å²) in [6.07, 6.45) is 6.53. The first-order valence-electron chi connectivity index (χ1n) is 6.91. The van der Waals surface area contributed by atoms with Crippen LogP contribution in [0, 0.1) is 0 Å². The van der Waals surface area contributed by atoms with Crippen LogP contribution in [0.25, 0.3) is 0 Å². The van der Waals surface area contributed by atoms with Gasteiger partial charge >= 0.3 is 0 Å². The molecule has 98 valence electrons. The van der Waals surface area contributed by atoms with Crippen molar-refractivity contribution < 1.29 is 5.11 Å². The van der Waals surface area contributed by atoms with Crippen molar-refractivity contribution in [3.63, 3.8) is 0 Å². The fraction of sp³-hybridized carbons (Fsp3) is 0.600. The minimum atomic E-state index is -0.450. The number of nitrogens with one attached hydrogen (secondary N) is 1. The van der Waals surface area contributed by atoms with E-state index in [2.05, 4.69) is 39.4 Å². The number of aliphatic hydroxyl groups is 1. The maximum Gasteiger partial charge on any atom is 0.0771 e. The fourth-order valence-corrected chi connectivity index (χ4v) is 3.92. The summed E-state index contributed by atoms with van der Waals surface area (Å²) in [4.78, 5) is 0. The Morgan fingerprint density at radius 3 is 2.89 bits per heavy atom. The predicted molar refractivity (Wildman–Crippen MR) is 76.6 cm³/mol. The van der Waals surface area contributed by atoms with Crippen LogP contribution in [0.2, 0.25) is 0 Å². The van der Waals surface area contributed by atoms with E-state index in [1.165, 1.54) is 28.4 Å². The summed E-state index contributed by atoms with van der Waals surface area (Å²) >= 11 is 3.63. The Balaban J connectivity index is 1.68. The Bertz CT molecular complexity index is 440. The molecule has 3 rings (SSSR count). The standard InChI is InChI=1S/C15H20BrNO/c16-13-5-3-4-12-11(13)6-7-14(12)17-10-15(18)8-1-2-9-15/h3-5,14,17-18H,1-2,6-10H2. The zero-order valence-electron chi connectivity index (χ0n) is 10.6. The average molecular weight is 310 g/mol. The molecule has 2 aliphatic carbocycles. The molecule has 1 aromatic carbocycles. The molecule has 2 nitrogen and oxygen atoms in total. The second kappa shape index (κ2) is 4.95. The van der Waals surface area contributed by atoms with Crippen LogP contribution in [0.4, 0.5) is 0 Å². The van der Waals surface area contributed by atoms with E-state index in [-0.39, 0.29) is 0 Å². The van der Waals surface area contributed by atoms with Crippen molar-refractivity contribution in [3.8, 4) is 0 Å². The molecule has 0 amide bonds. The first-order valence-corrected chi connectivity index (χ1v) is 7.70. The fourth-order valence-electron chi connectivity index (χ4n) is 3.34. The maximum atomic E-state index is 10.4. The molecule has 1 aromatic rings. The molecule has 0 saturated heterocycles. The van der Waals surface area contributed by atoms with Gasteiger partial charge in [0.05, 0.1) is 5.60 Å². The SMILES string of the molecule is OC1(CNC2CCc3c(Br)cccc32)CCCC1. The van der Waals surface area contributed by atoms with Crippen LogP contribution in [-0.4, -0.2) is 17.3 Å². The number of halogens is 1. The molecule has 3 heteroatoms. The molecule has 2 aliphatic rings. The van der Waals surface area contributed by atoms with Crippen molar-refractivity contribution in [1.82, 2.24) is 5.32 Å². The van der Waals surface area contributed by atoms with Gasteiger partial charge in [-0.1, -0.05) is 40.9 Å². The summed E-state index contributed by atoms with van der Waals surface area (Å²) in [5.41, 5.74) is 2.40. The molecule has 2 N–H and O–H groups in total. The van der Waals surface area contributed by atoms with Crippen LogP contribution in [0.1, 0.15) is 49.3 Å². The summed E-state index contributed by atoms with van der Waals surface area (Å²) in [5, 5.41) is 14.0. The van der Waals surface area contributed by atoms with Gasteiger partial charge in [0, 0.05) is 17.1 Å². The number of rotatable bonds is 3. The quantitative estimate of drug-likeness (QED) is 0.897. The van der Waals surface area contributed by atoms with E-state index in [1.807, 2.05) is 0 Å². The van der Waals surface area contributed by atoms with Crippen LogP contribution >= 0.6 is 15.9 Å². The second-order valence-corrected chi connectivity index (χ2v) is 6.57. The van der Waals surface area contributed by atoms with Crippen molar-refractivity contribution in [2.24, 2.45) is 0 Å². The lowest BCUT2D eigenvalue weighted by molar-refractivity contribution is 0.0448. The molecule has 0 bridgehead atoms. The van der Waals surface area contributed by atoms with E-state index in [4.69, 9.17) is 0 Å². The Morgan fingerprint density at radius 2 is 2.11 bits per heavy atom. The molecule has 1 fully saturated rings. The molecular weight excluding hydrogens is 290 g/mol. The van der Waals surface area contributed by atoms with Gasteiger partial charge in [-0.15, -0.1) is 0 Å². The van der Waals surface area contributed by atoms with E-state index in [0.717, 1.165) is 32.2 Å². The predicted octanol–water partition coefficient (Wildman–Crippen LogP) is 3.33. The minimum absolute atomic E-state index is 0.419. The maximum absolute atomic E-state index is 10.4. The molecule has 0 aromatic heterocycles. The Kier molecular flexibility index (Phi) is 3.48. The summed E-state index contributed by atoms with van der Waals surface area (Å²) in [7, 11) is 0. The van der Waals surface area contributed by atoms with E-state index in [9.17, 15) is 5.11 Å². The molecular formula is C15H20BrNO. The molecule has 1 saturated carbocycles. The third-order valence-corrected chi connectivity index (χ3v) is 5.17. The summed E-state index contributed by atoms with van der Waals surface area (Å²) in [5.74, 6) is 0. The van der Waals surface area contributed by atoms with Crippen LogP contribution in [0.3, 0.4) is 0 Å². The number of benzene rings is 1. The first-order chi connectivity index (χ1) is 8.68. The van der Waals surface area contributed by atoms with E-state index < -0.39 is 5.60 Å². The van der Waals surface area contributed by atoms with Gasteiger partial charge in [-0.25, -0.2) is 0 Å². The molecule has 0 heterocycles. The zero-order valence-corrected chi connectivity index (χ0v) is 12.2. The Morgan fingerprint density at radius 1 is 1.33 bits per heavy atom. The van der Waals surface area contributed by atoms with Gasteiger partial charge in [-0.2, -0.15) is 0 Å². The van der Waals surface area contributed by atoms with Gasteiger partial charge in [-0.3, -0.25) is 0 Å². The van der Waals surface area contributed by atoms with Gasteiger partial charge in [0.1, 0.15) is 0 Å². The van der Waals surface area contributed by atoms with Crippen LogP contribution in [0.5, 0.6) is 0 Å². The van der Waals surface area contributed by atoms with Crippen LogP contribution in [0.15, 0.2) is 22.7 Å². The number of hydrogen-bond acceptors (Lipinski definition) is 2. The lowest BCUT2D eigenvalue weighted by Crippen LogP contribution is -2.39. The first kappa shape index (κ1) is 12.6. The van der Waals surface area contributed by atoms with Gasteiger partial charge in [0.15, 0.2) is 0 Å². The second-order valence-electron chi connectivity index (χ2n) is 5.71. The van der Waals surface area contributed by atoms with Gasteiger partial charge in [0.2, 0.25) is 0 Å². The number of hydrogen-bond donors (Lipinski definition) is 2. The molecule has 0 radical (unpaired) electrons. The lowest BCUT2D eigenvalue weighted by Gasteiger charge is -2.25. The number of fused-ring (bicyclic) bond motifs is 1. The molecule has 0 aliphatic heterocycles. The smallest absolute Gasteiger partial charge is 0.0771 e. The van der Waals surface area contributed by atoms with Crippen molar-refractivity contribution in [2.75, 3.05) is 6.54 Å². The normalized spacial score (nSPS) is 25.3. The van der Waals surface area contributed by atoms with E-state index >= 15 is 0 Å². The highest BCUT2D eigenvalue weighted by atomic mass is 79.9. The monoisotopic (exact) mass is 309 g/mol. The molecule has 0 spiro atoms. The average Bonchev–Trinajstić information content (AvgIpc) is 2.95. The lowest BCUT2D eigenvalue weighted by atomic mass is 10.0. The summed E-state index contributed by atoms with van der Waals surface area (Å²) < 4.78 is 1.23. The van der Waals surface area contributed by atoms with Crippen molar-refractivity contribution in [2.45, 2.75) is 50.2 Å². The van der Waals surface area contributed by atoms with E-state index in [1.54, 1.807) is 0 Å².